The third-order valence-electron chi connectivity index (χ3n) is 3.15. The van der Waals surface area contributed by atoms with Gasteiger partial charge >= 0.3 is 0 Å². The molecule has 2 N–H and O–H groups in total. The first-order chi connectivity index (χ1) is 7.43. The number of fused-ring (bicyclic) bond motifs is 1. The quantitative estimate of drug-likeness (QED) is 0.839. The Bertz CT molecular complexity index is 430. The number of nitrogens with zero attached hydrogens (tertiary/aromatic N) is 1. The molecule has 1 fully saturated rings. The maximum absolute atomic E-state index is 4.32. The molecule has 3 rings (SSSR count). The van der Waals surface area contributed by atoms with Gasteiger partial charge in [0.05, 0.1) is 0 Å². The van der Waals surface area contributed by atoms with Gasteiger partial charge in [-0.1, -0.05) is 0 Å². The van der Waals surface area contributed by atoms with Crippen LogP contribution in [0.25, 0.3) is 11.0 Å². The summed E-state index contributed by atoms with van der Waals surface area (Å²) in [5.41, 5.74) is 2.34. The molecule has 0 spiro atoms. The number of pyridine rings is 1. The second-order valence-electron chi connectivity index (χ2n) is 4.21. The molecule has 1 aliphatic rings. The normalized spacial score (nSPS) is 19.4. The highest BCUT2D eigenvalue weighted by Crippen LogP contribution is 2.25. The van der Waals surface area contributed by atoms with E-state index in [0.29, 0.717) is 5.92 Å². The van der Waals surface area contributed by atoms with Gasteiger partial charge in [-0.15, -0.1) is 24.8 Å². The number of hydrogen-bond donors (Lipinski definition) is 2. The van der Waals surface area contributed by atoms with Crippen molar-refractivity contribution in [1.82, 2.24) is 15.3 Å². The summed E-state index contributed by atoms with van der Waals surface area (Å²) in [5.74, 6) is 0.632. The van der Waals surface area contributed by atoms with Gasteiger partial charge in [0.2, 0.25) is 0 Å². The van der Waals surface area contributed by atoms with E-state index in [1.807, 2.05) is 12.3 Å². The number of H-pyrrole nitrogens is 1. The van der Waals surface area contributed by atoms with Gasteiger partial charge in [0.1, 0.15) is 5.65 Å². The molecule has 0 amide bonds. The van der Waals surface area contributed by atoms with E-state index in [9.17, 15) is 0 Å². The van der Waals surface area contributed by atoms with E-state index in [1.165, 1.54) is 23.9 Å². The van der Waals surface area contributed by atoms with E-state index in [4.69, 9.17) is 0 Å². The van der Waals surface area contributed by atoms with Crippen LogP contribution in [0.15, 0.2) is 24.4 Å². The van der Waals surface area contributed by atoms with Crippen LogP contribution >= 0.6 is 24.8 Å². The van der Waals surface area contributed by atoms with E-state index in [-0.39, 0.29) is 24.8 Å². The lowest BCUT2D eigenvalue weighted by Crippen LogP contribution is -2.28. The van der Waals surface area contributed by atoms with Gasteiger partial charge < -0.3 is 10.3 Å². The first-order valence-electron chi connectivity index (χ1n) is 5.58. The van der Waals surface area contributed by atoms with Crippen LogP contribution in [0.1, 0.15) is 24.5 Å². The van der Waals surface area contributed by atoms with Crippen LogP contribution in [0.4, 0.5) is 0 Å². The fraction of sp³-hybridized carbons (Fsp3) is 0.417. The molecule has 1 atom stereocenters. The van der Waals surface area contributed by atoms with Gasteiger partial charge in [0.15, 0.2) is 0 Å². The lowest BCUT2D eigenvalue weighted by Gasteiger charge is -2.21. The van der Waals surface area contributed by atoms with Gasteiger partial charge in [-0.2, -0.15) is 0 Å². The Morgan fingerprint density at radius 3 is 2.88 bits per heavy atom. The number of rotatable bonds is 1. The summed E-state index contributed by atoms with van der Waals surface area (Å²) < 4.78 is 0. The maximum atomic E-state index is 4.32. The molecule has 0 bridgehead atoms. The van der Waals surface area contributed by atoms with E-state index < -0.39 is 0 Å². The molecule has 2 aromatic heterocycles. The van der Waals surface area contributed by atoms with Crippen molar-refractivity contribution in [2.75, 3.05) is 13.1 Å². The smallest absolute Gasteiger partial charge is 0.137 e. The topological polar surface area (TPSA) is 40.7 Å². The number of piperidine rings is 1. The van der Waals surface area contributed by atoms with Crippen LogP contribution in [0, 0.1) is 0 Å². The Kier molecular flexibility index (Phi) is 5.25. The minimum absolute atomic E-state index is 0. The molecule has 0 radical (unpaired) electrons. The third kappa shape index (κ3) is 2.92. The zero-order valence-corrected chi connectivity index (χ0v) is 11.1. The van der Waals surface area contributed by atoms with E-state index in [2.05, 4.69) is 27.4 Å². The maximum Gasteiger partial charge on any atom is 0.137 e. The average molecular weight is 274 g/mol. The first-order valence-corrected chi connectivity index (χ1v) is 5.58. The predicted octanol–water partition coefficient (Wildman–Crippen LogP) is 2.87. The monoisotopic (exact) mass is 273 g/mol. The molecule has 1 saturated heterocycles. The highest BCUT2D eigenvalue weighted by atomic mass is 35.5. The highest BCUT2D eigenvalue weighted by molar-refractivity contribution is 5.85. The van der Waals surface area contributed by atoms with Crippen molar-refractivity contribution in [1.29, 1.82) is 0 Å². The molecule has 1 aliphatic heterocycles. The fourth-order valence-corrected chi connectivity index (χ4v) is 2.32. The number of aromatic nitrogens is 2. The number of aromatic amines is 1. The molecule has 1 unspecified atom stereocenters. The second-order valence-corrected chi connectivity index (χ2v) is 4.21. The lowest BCUT2D eigenvalue weighted by molar-refractivity contribution is 0.456. The van der Waals surface area contributed by atoms with Crippen molar-refractivity contribution >= 4 is 35.8 Å². The first kappa shape index (κ1) is 14.3. The Morgan fingerprint density at radius 2 is 2.18 bits per heavy atom. The van der Waals surface area contributed by atoms with Crippen LogP contribution in [0.3, 0.4) is 0 Å². The number of halogens is 2. The average Bonchev–Trinajstić information content (AvgIpc) is 2.74. The largest absolute Gasteiger partial charge is 0.343 e. The van der Waals surface area contributed by atoms with E-state index >= 15 is 0 Å². The van der Waals surface area contributed by atoms with Crippen molar-refractivity contribution in [3.63, 3.8) is 0 Å². The van der Waals surface area contributed by atoms with Crippen LogP contribution in [-0.2, 0) is 0 Å². The minimum Gasteiger partial charge on any atom is -0.343 e. The predicted molar refractivity (Wildman–Crippen MR) is 75.4 cm³/mol. The van der Waals surface area contributed by atoms with Crippen molar-refractivity contribution in [3.8, 4) is 0 Å². The fourth-order valence-electron chi connectivity index (χ4n) is 2.32. The molecule has 5 heteroatoms. The molecule has 3 nitrogen and oxygen atoms in total. The molecule has 2 aromatic rings. The summed E-state index contributed by atoms with van der Waals surface area (Å²) in [5, 5.41) is 4.66. The molecular weight excluding hydrogens is 257 g/mol. The molecule has 17 heavy (non-hydrogen) atoms. The van der Waals surface area contributed by atoms with Crippen molar-refractivity contribution in [2.24, 2.45) is 0 Å². The molecule has 0 aliphatic carbocycles. The van der Waals surface area contributed by atoms with Crippen LogP contribution in [-0.4, -0.2) is 23.1 Å². The Labute approximate surface area is 113 Å². The molecule has 3 heterocycles. The summed E-state index contributed by atoms with van der Waals surface area (Å²) in [6.07, 6.45) is 4.38. The zero-order valence-electron chi connectivity index (χ0n) is 9.48. The van der Waals surface area contributed by atoms with Gasteiger partial charge in [-0.05, 0) is 37.6 Å². The lowest BCUT2D eigenvalue weighted by atomic mass is 9.96. The van der Waals surface area contributed by atoms with Crippen molar-refractivity contribution in [2.45, 2.75) is 18.8 Å². The zero-order chi connectivity index (χ0) is 10.1. The van der Waals surface area contributed by atoms with Crippen LogP contribution in [0.5, 0.6) is 0 Å². The van der Waals surface area contributed by atoms with Crippen molar-refractivity contribution in [3.05, 3.63) is 30.1 Å². The second kappa shape index (κ2) is 6.24. The summed E-state index contributed by atoms with van der Waals surface area (Å²) in [6.45, 7) is 2.25. The molecular formula is C12H17Cl2N3. The summed E-state index contributed by atoms with van der Waals surface area (Å²) >= 11 is 0. The molecule has 0 aromatic carbocycles. The summed E-state index contributed by atoms with van der Waals surface area (Å²) in [4.78, 5) is 7.73. The Morgan fingerprint density at radius 1 is 1.29 bits per heavy atom. The van der Waals surface area contributed by atoms with Crippen molar-refractivity contribution < 1.29 is 0 Å². The van der Waals surface area contributed by atoms with E-state index in [1.54, 1.807) is 0 Å². The van der Waals surface area contributed by atoms with Gasteiger partial charge in [-0.3, -0.25) is 0 Å². The molecule has 0 saturated carbocycles. The van der Waals surface area contributed by atoms with Gasteiger partial charge in [-0.25, -0.2) is 4.98 Å². The summed E-state index contributed by atoms with van der Waals surface area (Å²) in [7, 11) is 0. The SMILES string of the molecule is Cl.Cl.c1cnc2[nH]c(C3CCCNC3)cc2c1. The Balaban J connectivity index is 0.000000722. The highest BCUT2D eigenvalue weighted by Gasteiger charge is 2.16. The van der Waals surface area contributed by atoms with E-state index in [0.717, 1.165) is 18.7 Å². The number of hydrogen-bond acceptors (Lipinski definition) is 2. The van der Waals surface area contributed by atoms with Gasteiger partial charge in [0.25, 0.3) is 0 Å². The number of nitrogens with one attached hydrogen (secondary N) is 2. The van der Waals surface area contributed by atoms with Crippen LogP contribution in [0.2, 0.25) is 0 Å². The third-order valence-corrected chi connectivity index (χ3v) is 3.15. The van der Waals surface area contributed by atoms with Gasteiger partial charge in [0, 0.05) is 29.7 Å². The standard InChI is InChI=1S/C12H15N3.2ClH/c1-4-10(8-13-5-1)11-7-9-3-2-6-14-12(9)15-11;;/h2-3,6-7,10,13H,1,4-5,8H2,(H,14,15);2*1H. The summed E-state index contributed by atoms with van der Waals surface area (Å²) in [6, 6.07) is 6.33. The Hall–Kier alpha value is -0.770. The minimum atomic E-state index is 0. The molecule has 94 valence electrons. The van der Waals surface area contributed by atoms with Crippen LogP contribution < -0.4 is 5.32 Å².